The predicted molar refractivity (Wildman–Crippen MR) is 139 cm³/mol. The van der Waals surface area contributed by atoms with E-state index in [1.807, 2.05) is 36.4 Å². The highest BCUT2D eigenvalue weighted by Gasteiger charge is 2.34. The first-order valence-corrected chi connectivity index (χ1v) is 12.8. The minimum Gasteiger partial charge on any atom is -0.508 e. The van der Waals surface area contributed by atoms with E-state index in [-0.39, 0.29) is 24.1 Å². The SMILES string of the molecule is Oc1ccc2c(c1)OC(c1ccc(OCCN3CC[C@@H](CF)C3)cc1)C1=C2CCOc2cc(O)ccc21. The van der Waals surface area contributed by atoms with Gasteiger partial charge in [-0.3, -0.25) is 9.29 Å². The summed E-state index contributed by atoms with van der Waals surface area (Å²) in [7, 11) is 0. The van der Waals surface area contributed by atoms with Crippen LogP contribution in [0, 0.1) is 5.92 Å². The molecule has 192 valence electrons. The average molecular weight is 504 g/mol. The molecular weight excluding hydrogens is 473 g/mol. The Bertz CT molecular complexity index is 1320. The van der Waals surface area contributed by atoms with Gasteiger partial charge in [-0.05, 0) is 60.5 Å². The van der Waals surface area contributed by atoms with Gasteiger partial charge in [0.1, 0.15) is 41.5 Å². The van der Waals surface area contributed by atoms with E-state index in [0.717, 1.165) is 59.6 Å². The normalized spacial score (nSPS) is 20.8. The average Bonchev–Trinajstić information content (AvgIpc) is 3.28. The van der Waals surface area contributed by atoms with Crippen LogP contribution in [0.25, 0.3) is 11.1 Å². The molecule has 2 atom stereocenters. The first-order valence-electron chi connectivity index (χ1n) is 12.8. The molecule has 1 saturated heterocycles. The summed E-state index contributed by atoms with van der Waals surface area (Å²) in [5, 5.41) is 20.2. The topological polar surface area (TPSA) is 71.4 Å². The van der Waals surface area contributed by atoms with Crippen LogP contribution >= 0.6 is 0 Å². The van der Waals surface area contributed by atoms with Crippen molar-refractivity contribution < 1.29 is 28.8 Å². The van der Waals surface area contributed by atoms with E-state index in [1.54, 1.807) is 24.3 Å². The Hall–Kier alpha value is -3.71. The molecule has 1 unspecified atom stereocenters. The lowest BCUT2D eigenvalue weighted by atomic mass is 9.84. The largest absolute Gasteiger partial charge is 0.508 e. The number of hydrogen-bond donors (Lipinski definition) is 2. The number of fused-ring (bicyclic) bond motifs is 4. The molecule has 0 spiro atoms. The van der Waals surface area contributed by atoms with Crippen LogP contribution in [-0.2, 0) is 0 Å². The summed E-state index contributed by atoms with van der Waals surface area (Å²) in [6, 6.07) is 18.3. The van der Waals surface area contributed by atoms with Crippen molar-refractivity contribution in [2.75, 3.05) is 39.5 Å². The third-order valence-electron chi connectivity index (χ3n) is 7.43. The Morgan fingerprint density at radius 1 is 0.946 bits per heavy atom. The molecule has 6 rings (SSSR count). The summed E-state index contributed by atoms with van der Waals surface area (Å²) in [4.78, 5) is 2.25. The third kappa shape index (κ3) is 4.71. The minimum absolute atomic E-state index is 0.149. The van der Waals surface area contributed by atoms with Gasteiger partial charge in [0, 0.05) is 54.3 Å². The molecule has 3 aromatic carbocycles. The quantitative estimate of drug-likeness (QED) is 0.457. The highest BCUT2D eigenvalue weighted by Crippen LogP contribution is 2.51. The van der Waals surface area contributed by atoms with Crippen LogP contribution in [0.1, 0.15) is 35.6 Å². The van der Waals surface area contributed by atoms with Crippen molar-refractivity contribution in [3.8, 4) is 28.7 Å². The van der Waals surface area contributed by atoms with Crippen LogP contribution in [0.2, 0.25) is 0 Å². The van der Waals surface area contributed by atoms with Crippen molar-refractivity contribution in [3.63, 3.8) is 0 Å². The molecule has 1 fully saturated rings. The molecule has 6 nitrogen and oxygen atoms in total. The Kier molecular flexibility index (Phi) is 6.38. The van der Waals surface area contributed by atoms with Crippen LogP contribution < -0.4 is 14.2 Å². The van der Waals surface area contributed by atoms with E-state index in [2.05, 4.69) is 4.90 Å². The van der Waals surface area contributed by atoms with Crippen molar-refractivity contribution in [3.05, 3.63) is 77.4 Å². The lowest BCUT2D eigenvalue weighted by Gasteiger charge is -2.31. The standard InChI is InChI=1S/C30H30FNO5/c31-17-19-9-11-32(18-19)12-14-35-23-5-1-20(2-6-23)30-29-25(24-7-3-22(34)16-28(24)37-30)10-13-36-27-15-21(33)4-8-26(27)29/h1-8,15-16,19,30,33-34H,9-14,17-18H2/t19-,30?/m0/s1. The molecule has 0 radical (unpaired) electrons. The number of benzene rings is 3. The fourth-order valence-electron chi connectivity index (χ4n) is 5.54. The monoisotopic (exact) mass is 503 g/mol. The van der Waals surface area contributed by atoms with Gasteiger partial charge in [-0.2, -0.15) is 0 Å². The second-order valence-electron chi connectivity index (χ2n) is 9.88. The van der Waals surface area contributed by atoms with Crippen molar-refractivity contribution in [1.29, 1.82) is 0 Å². The zero-order valence-electron chi connectivity index (χ0n) is 20.5. The summed E-state index contributed by atoms with van der Waals surface area (Å²) < 4.78 is 31.4. The van der Waals surface area contributed by atoms with Crippen molar-refractivity contribution in [2.24, 2.45) is 5.92 Å². The number of aromatic hydroxyl groups is 2. The zero-order valence-corrected chi connectivity index (χ0v) is 20.5. The Morgan fingerprint density at radius 3 is 2.46 bits per heavy atom. The first kappa shape index (κ1) is 23.7. The number of likely N-dealkylation sites (tertiary alicyclic amines) is 1. The van der Waals surface area contributed by atoms with Crippen LogP contribution in [0.4, 0.5) is 4.39 Å². The van der Waals surface area contributed by atoms with Gasteiger partial charge in [0.25, 0.3) is 0 Å². The fraction of sp³-hybridized carbons (Fsp3) is 0.333. The van der Waals surface area contributed by atoms with Gasteiger partial charge in [0.2, 0.25) is 0 Å². The molecule has 0 aromatic heterocycles. The van der Waals surface area contributed by atoms with E-state index < -0.39 is 6.10 Å². The number of phenolic OH excluding ortho intramolecular Hbond substituents is 2. The lowest BCUT2D eigenvalue weighted by Crippen LogP contribution is -2.26. The molecule has 0 amide bonds. The van der Waals surface area contributed by atoms with Crippen LogP contribution in [-0.4, -0.2) is 54.6 Å². The molecule has 37 heavy (non-hydrogen) atoms. The summed E-state index contributed by atoms with van der Waals surface area (Å²) in [5.74, 6) is 2.47. The maximum atomic E-state index is 12.9. The van der Waals surface area contributed by atoms with Crippen molar-refractivity contribution in [2.45, 2.75) is 18.9 Å². The number of hydrogen-bond acceptors (Lipinski definition) is 6. The van der Waals surface area contributed by atoms with Gasteiger partial charge in [0.05, 0.1) is 13.3 Å². The van der Waals surface area contributed by atoms with Gasteiger partial charge in [0.15, 0.2) is 0 Å². The minimum atomic E-state index is -0.425. The molecule has 3 aromatic rings. The first-order chi connectivity index (χ1) is 18.1. The molecule has 0 saturated carbocycles. The summed E-state index contributed by atoms with van der Waals surface area (Å²) in [6.07, 6.45) is 1.16. The van der Waals surface area contributed by atoms with E-state index in [9.17, 15) is 14.6 Å². The van der Waals surface area contributed by atoms with Gasteiger partial charge in [-0.1, -0.05) is 12.1 Å². The number of phenols is 2. The van der Waals surface area contributed by atoms with Gasteiger partial charge < -0.3 is 24.4 Å². The highest BCUT2D eigenvalue weighted by atomic mass is 19.1. The molecular formula is C30H30FNO5. The highest BCUT2D eigenvalue weighted by molar-refractivity contribution is 5.98. The maximum absolute atomic E-state index is 12.9. The summed E-state index contributed by atoms with van der Waals surface area (Å²) in [6.45, 7) is 3.28. The van der Waals surface area contributed by atoms with E-state index in [4.69, 9.17) is 14.2 Å². The van der Waals surface area contributed by atoms with E-state index in [0.29, 0.717) is 31.1 Å². The fourth-order valence-corrected chi connectivity index (χ4v) is 5.54. The second kappa shape index (κ2) is 9.98. The van der Waals surface area contributed by atoms with Crippen LogP contribution in [0.3, 0.4) is 0 Å². The summed E-state index contributed by atoms with van der Waals surface area (Å²) >= 11 is 0. The molecule has 0 bridgehead atoms. The third-order valence-corrected chi connectivity index (χ3v) is 7.43. The Balaban J connectivity index is 1.28. The van der Waals surface area contributed by atoms with E-state index >= 15 is 0 Å². The Morgan fingerprint density at radius 2 is 1.70 bits per heavy atom. The van der Waals surface area contributed by atoms with Gasteiger partial charge >= 0.3 is 0 Å². The van der Waals surface area contributed by atoms with Crippen molar-refractivity contribution >= 4 is 11.1 Å². The second-order valence-corrected chi connectivity index (χ2v) is 9.88. The molecule has 3 aliphatic rings. The van der Waals surface area contributed by atoms with Gasteiger partial charge in [-0.25, -0.2) is 0 Å². The number of nitrogens with zero attached hydrogens (tertiary/aromatic N) is 1. The molecule has 0 aliphatic carbocycles. The smallest absolute Gasteiger partial charge is 0.150 e. The number of alkyl halides is 1. The number of rotatable bonds is 6. The molecule has 3 aliphatic heterocycles. The zero-order chi connectivity index (χ0) is 25.4. The Labute approximate surface area is 215 Å². The van der Waals surface area contributed by atoms with E-state index in [1.165, 1.54) is 0 Å². The molecule has 2 N–H and O–H groups in total. The predicted octanol–water partition coefficient (Wildman–Crippen LogP) is 5.60. The van der Waals surface area contributed by atoms with Crippen LogP contribution in [0.15, 0.2) is 60.7 Å². The summed E-state index contributed by atoms with van der Waals surface area (Å²) in [5.41, 5.74) is 4.86. The van der Waals surface area contributed by atoms with Gasteiger partial charge in [-0.15, -0.1) is 0 Å². The maximum Gasteiger partial charge on any atom is 0.150 e. The number of ether oxygens (including phenoxy) is 3. The van der Waals surface area contributed by atoms with Crippen molar-refractivity contribution in [1.82, 2.24) is 4.90 Å². The molecule has 3 heterocycles. The number of halogens is 1. The molecule has 7 heteroatoms. The lowest BCUT2D eigenvalue weighted by molar-refractivity contribution is 0.228. The van der Waals surface area contributed by atoms with Crippen LogP contribution in [0.5, 0.6) is 28.7 Å².